The summed E-state index contributed by atoms with van der Waals surface area (Å²) in [6.45, 7) is 6.21. The fraction of sp³-hybridized carbons (Fsp3) is 0.250. The normalized spacial score (nSPS) is 17.8. The van der Waals surface area contributed by atoms with Crippen molar-refractivity contribution in [2.75, 3.05) is 19.6 Å². The molecular formula is C40H40N6O5S. The van der Waals surface area contributed by atoms with Gasteiger partial charge in [-0.3, -0.25) is 14.4 Å². The Balaban J connectivity index is 1.26. The highest BCUT2D eigenvalue weighted by atomic mass is 32.1. The first kappa shape index (κ1) is 34.7. The topological polar surface area (TPSA) is 118 Å². The molecule has 0 spiro atoms. The Bertz CT molecular complexity index is 2160. The molecule has 2 aliphatic heterocycles. The highest BCUT2D eigenvalue weighted by Crippen LogP contribution is 2.37. The molecule has 2 aromatic heterocycles. The van der Waals surface area contributed by atoms with E-state index in [1.165, 1.54) is 11.3 Å². The number of hydrazine groups is 1. The van der Waals surface area contributed by atoms with Crippen molar-refractivity contribution in [3.63, 3.8) is 0 Å². The average molecular weight is 717 g/mol. The second kappa shape index (κ2) is 14.5. The molecule has 2 saturated heterocycles. The molecule has 0 radical (unpaired) electrons. The summed E-state index contributed by atoms with van der Waals surface area (Å²) in [6.07, 6.45) is 3.11. The van der Waals surface area contributed by atoms with E-state index >= 15 is 0 Å². The number of phenolic OH excluding ortho intramolecular Hbond substituents is 1. The van der Waals surface area contributed by atoms with Crippen molar-refractivity contribution in [2.24, 2.45) is 7.05 Å². The van der Waals surface area contributed by atoms with Crippen molar-refractivity contribution in [3.05, 3.63) is 125 Å². The van der Waals surface area contributed by atoms with Crippen molar-refractivity contribution in [2.45, 2.75) is 38.6 Å². The van der Waals surface area contributed by atoms with Crippen LogP contribution in [0.3, 0.4) is 0 Å². The minimum Gasteiger partial charge on any atom is -0.508 e. The van der Waals surface area contributed by atoms with Gasteiger partial charge in [0.25, 0.3) is 0 Å². The maximum absolute atomic E-state index is 14.6. The minimum atomic E-state index is -0.898. The molecule has 0 unspecified atom stereocenters. The summed E-state index contributed by atoms with van der Waals surface area (Å²) in [5, 5.41) is 17.2. The van der Waals surface area contributed by atoms with Crippen LogP contribution in [0, 0.1) is 0 Å². The van der Waals surface area contributed by atoms with E-state index in [-0.39, 0.29) is 68.5 Å². The largest absolute Gasteiger partial charge is 0.508 e. The summed E-state index contributed by atoms with van der Waals surface area (Å²) >= 11 is 1.45. The van der Waals surface area contributed by atoms with Crippen LogP contribution in [0.4, 0.5) is 4.79 Å². The van der Waals surface area contributed by atoms with Crippen molar-refractivity contribution >= 4 is 45.9 Å². The van der Waals surface area contributed by atoms with Gasteiger partial charge in [-0.15, -0.1) is 17.9 Å². The van der Waals surface area contributed by atoms with Crippen LogP contribution in [0.25, 0.3) is 21.3 Å². The summed E-state index contributed by atoms with van der Waals surface area (Å²) in [4.78, 5) is 59.7. The lowest BCUT2D eigenvalue weighted by Gasteiger charge is -2.55. The third-order valence-corrected chi connectivity index (χ3v) is 10.9. The third-order valence-electron chi connectivity index (χ3n) is 9.69. The third kappa shape index (κ3) is 6.70. The molecule has 0 aliphatic carbocycles. The number of benzene rings is 3. The van der Waals surface area contributed by atoms with Gasteiger partial charge in [-0.2, -0.15) is 0 Å². The number of nitrogens with one attached hydrogen (secondary N) is 1. The van der Waals surface area contributed by atoms with Gasteiger partial charge in [-0.05, 0) is 47.9 Å². The second-order valence-corrected chi connectivity index (χ2v) is 14.3. The number of hydrogen-bond acceptors (Lipinski definition) is 7. The number of thiophene rings is 1. The van der Waals surface area contributed by atoms with E-state index in [0.717, 1.165) is 38.0 Å². The van der Waals surface area contributed by atoms with Gasteiger partial charge < -0.3 is 24.8 Å². The van der Waals surface area contributed by atoms with E-state index in [4.69, 9.17) is 0 Å². The van der Waals surface area contributed by atoms with Crippen LogP contribution < -0.4 is 5.32 Å². The van der Waals surface area contributed by atoms with Crippen LogP contribution in [0.5, 0.6) is 5.75 Å². The Kier molecular flexibility index (Phi) is 9.67. The number of carbonyl (C=O) groups is 4. The molecule has 3 aromatic carbocycles. The molecule has 12 heteroatoms. The number of nitrogens with zero attached hydrogens (tertiary/aromatic N) is 5. The SMILES string of the molecule is C=CCN1CC(=O)N2[C@@H](Cc3ccc(O)cc3)C(=O)N(Cc3cccc4c(-c5ccc(C(C)=O)s5)cn(C)c34)C[C@@H]2N1C(=O)NCc1ccccc1. The smallest absolute Gasteiger partial charge is 0.334 e. The molecule has 2 aliphatic rings. The quantitative estimate of drug-likeness (QED) is 0.145. The van der Waals surface area contributed by atoms with Gasteiger partial charge >= 0.3 is 6.03 Å². The zero-order valence-corrected chi connectivity index (χ0v) is 29.9. The number of hydrogen-bond donors (Lipinski definition) is 2. The molecule has 52 heavy (non-hydrogen) atoms. The van der Waals surface area contributed by atoms with E-state index in [1.54, 1.807) is 57.1 Å². The van der Waals surface area contributed by atoms with E-state index < -0.39 is 12.2 Å². The number of aromatic hydroxyl groups is 1. The molecule has 5 aromatic rings. The summed E-state index contributed by atoms with van der Waals surface area (Å²) in [7, 11) is 1.97. The number of ketones is 1. The standard InChI is InChI=1S/C40H40N6O5S/c1-4-19-44-25-37(49)45-33(20-27-13-15-30(48)16-14-27)39(50)43(24-36(45)46(44)40(51)41-21-28-9-6-5-7-10-28)22-29-11-8-12-31-32(23-42(3)38(29)31)35-18-17-34(52-35)26(2)47/h4-18,23,33,36,48H,1,19-22,24-25H2,2-3H3,(H,41,51)/t33-,36-/m0/s1. The highest BCUT2D eigenvalue weighted by molar-refractivity contribution is 7.17. The van der Waals surface area contributed by atoms with E-state index in [2.05, 4.69) is 11.9 Å². The Hall–Kier alpha value is -5.72. The number of para-hydroxylation sites is 1. The second-order valence-electron chi connectivity index (χ2n) is 13.2. The van der Waals surface area contributed by atoms with Crippen LogP contribution >= 0.6 is 11.3 Å². The minimum absolute atomic E-state index is 0.0207. The van der Waals surface area contributed by atoms with E-state index in [9.17, 15) is 24.3 Å². The molecule has 4 amide bonds. The van der Waals surface area contributed by atoms with Gasteiger partial charge in [0, 0.05) is 55.1 Å². The van der Waals surface area contributed by atoms with Crippen LogP contribution in [0.15, 0.2) is 104 Å². The number of fused-ring (bicyclic) bond motifs is 2. The molecule has 2 N–H and O–H groups in total. The molecule has 2 atom stereocenters. The van der Waals surface area contributed by atoms with Gasteiger partial charge in [0.15, 0.2) is 5.78 Å². The number of rotatable bonds is 10. The lowest BCUT2D eigenvalue weighted by molar-refractivity contribution is -0.189. The van der Waals surface area contributed by atoms with Gasteiger partial charge in [0.1, 0.15) is 18.0 Å². The Morgan fingerprint density at radius 2 is 1.75 bits per heavy atom. The Labute approximate surface area is 305 Å². The van der Waals surface area contributed by atoms with Crippen LogP contribution in [0.1, 0.15) is 33.3 Å². The van der Waals surface area contributed by atoms with Crippen molar-refractivity contribution in [3.8, 4) is 16.2 Å². The lowest BCUT2D eigenvalue weighted by atomic mass is 9.98. The average Bonchev–Trinajstić information content (AvgIpc) is 3.76. The number of Topliss-reactive ketones (excluding diaryl/α,β-unsaturated/α-hetero) is 1. The Morgan fingerprint density at radius 1 is 0.981 bits per heavy atom. The van der Waals surface area contributed by atoms with Gasteiger partial charge in [0.05, 0.1) is 23.5 Å². The van der Waals surface area contributed by atoms with Crippen molar-refractivity contribution < 1.29 is 24.3 Å². The first-order valence-electron chi connectivity index (χ1n) is 17.2. The zero-order valence-electron chi connectivity index (χ0n) is 29.1. The summed E-state index contributed by atoms with van der Waals surface area (Å²) < 4.78 is 2.04. The zero-order chi connectivity index (χ0) is 36.5. The first-order chi connectivity index (χ1) is 25.1. The highest BCUT2D eigenvalue weighted by Gasteiger charge is 2.51. The number of aryl methyl sites for hydroxylation is 1. The van der Waals surface area contributed by atoms with Crippen LogP contribution in [0.2, 0.25) is 0 Å². The lowest BCUT2D eigenvalue weighted by Crippen LogP contribution is -2.76. The number of aromatic nitrogens is 1. The molecule has 0 bridgehead atoms. The van der Waals surface area contributed by atoms with Crippen molar-refractivity contribution in [1.29, 1.82) is 0 Å². The molecule has 7 rings (SSSR count). The number of amides is 4. The van der Waals surface area contributed by atoms with Crippen molar-refractivity contribution in [1.82, 2.24) is 29.7 Å². The van der Waals surface area contributed by atoms with Gasteiger partial charge in [-0.25, -0.2) is 14.8 Å². The Morgan fingerprint density at radius 3 is 2.46 bits per heavy atom. The number of urea groups is 1. The number of piperazine rings is 1. The van der Waals surface area contributed by atoms with Gasteiger partial charge in [-0.1, -0.05) is 66.7 Å². The maximum Gasteiger partial charge on any atom is 0.334 e. The van der Waals surface area contributed by atoms with E-state index in [0.29, 0.717) is 4.88 Å². The summed E-state index contributed by atoms with van der Waals surface area (Å²) in [5.74, 6) is -0.364. The molecule has 4 heterocycles. The molecular weight excluding hydrogens is 677 g/mol. The van der Waals surface area contributed by atoms with E-state index in [1.807, 2.05) is 78.5 Å². The fourth-order valence-electron chi connectivity index (χ4n) is 7.31. The molecule has 2 fully saturated rings. The number of carbonyl (C=O) groups excluding carboxylic acids is 4. The maximum atomic E-state index is 14.6. The molecule has 266 valence electrons. The molecule has 0 saturated carbocycles. The van der Waals surface area contributed by atoms with Crippen LogP contribution in [-0.4, -0.2) is 85.0 Å². The predicted octanol–water partition coefficient (Wildman–Crippen LogP) is 5.55. The predicted molar refractivity (Wildman–Crippen MR) is 200 cm³/mol. The summed E-state index contributed by atoms with van der Waals surface area (Å²) in [5.41, 5.74) is 4.55. The van der Waals surface area contributed by atoms with Crippen LogP contribution in [-0.2, 0) is 36.1 Å². The van der Waals surface area contributed by atoms with Gasteiger partial charge in [0.2, 0.25) is 11.8 Å². The first-order valence-corrected chi connectivity index (χ1v) is 18.0. The molecule has 11 nitrogen and oxygen atoms in total. The monoisotopic (exact) mass is 716 g/mol. The number of phenols is 1. The fourth-order valence-corrected chi connectivity index (χ4v) is 8.23. The summed E-state index contributed by atoms with van der Waals surface area (Å²) in [6, 6.07) is 24.7.